The van der Waals surface area contributed by atoms with E-state index in [1.807, 2.05) is 37.3 Å². The number of benzene rings is 1. The molecule has 0 bridgehead atoms. The van der Waals surface area contributed by atoms with Gasteiger partial charge in [-0.3, -0.25) is 14.2 Å². The first-order valence-corrected chi connectivity index (χ1v) is 10.5. The van der Waals surface area contributed by atoms with Crippen LogP contribution in [0, 0.1) is 11.8 Å². The Balaban J connectivity index is 1.71. The summed E-state index contributed by atoms with van der Waals surface area (Å²) >= 11 is 0. The Kier molecular flexibility index (Phi) is 6.81. The summed E-state index contributed by atoms with van der Waals surface area (Å²) in [6, 6.07) is 9.39. The highest BCUT2D eigenvalue weighted by molar-refractivity contribution is 5.83. The van der Waals surface area contributed by atoms with E-state index in [0.29, 0.717) is 23.6 Å². The number of carbonyl (C=O) groups is 1. The Morgan fingerprint density at radius 3 is 2.76 bits per heavy atom. The van der Waals surface area contributed by atoms with Gasteiger partial charge in [-0.15, -0.1) is 0 Å². The number of aliphatic hydroxyl groups is 2. The third-order valence-electron chi connectivity index (χ3n) is 5.11. The third kappa shape index (κ3) is 4.94. The largest absolute Gasteiger partial charge is 0.388 e. The molecule has 1 aliphatic heterocycles. The first-order valence-electron chi connectivity index (χ1n) is 10.5. The summed E-state index contributed by atoms with van der Waals surface area (Å²) in [5, 5.41) is 21.0. The highest BCUT2D eigenvalue weighted by Crippen LogP contribution is 2.34. The molecule has 33 heavy (non-hydrogen) atoms. The van der Waals surface area contributed by atoms with E-state index >= 15 is 0 Å². The molecule has 0 aliphatic carbocycles. The number of aromatic nitrogens is 4. The predicted molar refractivity (Wildman–Crippen MR) is 117 cm³/mol. The standard InChI is InChI=1S/C22H24N6O5/c1-2-32-27-20-17-21(26-16(25-20)11-8-13-6-4-3-5-7-13)28(12-24-17)22-19(31)18(30)14(33-22)9-10-15(23)29/h3-7,12,14,18-19,22,30-31H,2,9-10H2,1H3,(H2,23,29)(H,25,26,27)/t14-,18-,19+,22+/m0/s1. The van der Waals surface area contributed by atoms with Gasteiger partial charge < -0.3 is 20.7 Å². The van der Waals surface area contributed by atoms with Gasteiger partial charge in [0.1, 0.15) is 12.2 Å². The van der Waals surface area contributed by atoms with E-state index in [1.165, 1.54) is 10.9 Å². The molecule has 1 aliphatic rings. The smallest absolute Gasteiger partial charge is 0.217 e. The molecule has 4 atom stereocenters. The Morgan fingerprint density at radius 1 is 1.24 bits per heavy atom. The molecule has 0 radical (unpaired) electrons. The molecule has 0 unspecified atom stereocenters. The van der Waals surface area contributed by atoms with Crippen LogP contribution in [-0.2, 0) is 14.4 Å². The number of carbonyl (C=O) groups excluding carboxylic acids is 1. The zero-order valence-electron chi connectivity index (χ0n) is 17.9. The number of hydrogen-bond donors (Lipinski definition) is 4. The van der Waals surface area contributed by atoms with Crippen molar-refractivity contribution in [3.63, 3.8) is 0 Å². The van der Waals surface area contributed by atoms with Gasteiger partial charge in [0.25, 0.3) is 0 Å². The summed E-state index contributed by atoms with van der Waals surface area (Å²) in [6.07, 6.45) is -2.58. The lowest BCUT2D eigenvalue weighted by Gasteiger charge is -2.16. The lowest BCUT2D eigenvalue weighted by molar-refractivity contribution is -0.119. The van der Waals surface area contributed by atoms with Crippen LogP contribution in [0.3, 0.4) is 0 Å². The number of imidazole rings is 1. The van der Waals surface area contributed by atoms with E-state index in [4.69, 9.17) is 15.3 Å². The van der Waals surface area contributed by atoms with E-state index in [9.17, 15) is 15.0 Å². The molecule has 0 spiro atoms. The molecule has 1 fully saturated rings. The fourth-order valence-electron chi connectivity index (χ4n) is 3.50. The van der Waals surface area contributed by atoms with E-state index in [-0.39, 0.29) is 18.7 Å². The minimum Gasteiger partial charge on any atom is -0.388 e. The number of rotatable bonds is 7. The Hall–Kier alpha value is -3.56. The molecule has 172 valence electrons. The summed E-state index contributed by atoms with van der Waals surface area (Å²) in [6.45, 7) is 2.20. The summed E-state index contributed by atoms with van der Waals surface area (Å²) < 4.78 is 7.35. The average molecular weight is 452 g/mol. The summed E-state index contributed by atoms with van der Waals surface area (Å²) in [4.78, 5) is 29.6. The molecular formula is C22H24N6O5. The number of nitrogens with zero attached hydrogens (tertiary/aromatic N) is 4. The normalized spacial score (nSPS) is 22.2. The molecular weight excluding hydrogens is 428 g/mol. The van der Waals surface area contributed by atoms with Crippen LogP contribution >= 0.6 is 0 Å². The maximum Gasteiger partial charge on any atom is 0.217 e. The van der Waals surface area contributed by atoms with E-state index < -0.39 is 30.4 Å². The highest BCUT2D eigenvalue weighted by Gasteiger charge is 2.44. The average Bonchev–Trinajstić information content (AvgIpc) is 3.36. The first-order chi connectivity index (χ1) is 16.0. The van der Waals surface area contributed by atoms with Gasteiger partial charge in [0, 0.05) is 12.0 Å². The minimum absolute atomic E-state index is 0.0235. The number of fused-ring (bicyclic) bond motifs is 1. The SMILES string of the molecule is CCONc1nc(C#Cc2ccccc2)nc2c1ncn2[C@@H]1O[C@@H](CCC(N)=O)[C@H](O)[C@H]1O. The lowest BCUT2D eigenvalue weighted by atomic mass is 10.1. The molecule has 3 aromatic rings. The van der Waals surface area contributed by atoms with Crippen LogP contribution in [-0.4, -0.2) is 60.6 Å². The number of ether oxygens (including phenoxy) is 1. The fourth-order valence-corrected chi connectivity index (χ4v) is 3.50. The van der Waals surface area contributed by atoms with Crippen molar-refractivity contribution < 1.29 is 24.6 Å². The van der Waals surface area contributed by atoms with Gasteiger partial charge in [-0.25, -0.2) is 15.4 Å². The molecule has 11 nitrogen and oxygen atoms in total. The first kappa shape index (κ1) is 22.6. The van der Waals surface area contributed by atoms with Crippen molar-refractivity contribution in [1.82, 2.24) is 19.5 Å². The van der Waals surface area contributed by atoms with Crippen molar-refractivity contribution in [2.24, 2.45) is 5.73 Å². The number of aliphatic hydroxyl groups excluding tert-OH is 2. The number of anilines is 1. The number of nitrogens with two attached hydrogens (primary N) is 1. The Bertz CT molecular complexity index is 1190. The van der Waals surface area contributed by atoms with Crippen LogP contribution in [0.15, 0.2) is 36.7 Å². The van der Waals surface area contributed by atoms with Crippen LogP contribution < -0.4 is 11.2 Å². The van der Waals surface area contributed by atoms with Gasteiger partial charge in [-0.05, 0) is 31.4 Å². The molecule has 4 rings (SSSR count). The van der Waals surface area contributed by atoms with Crippen molar-refractivity contribution in [2.45, 2.75) is 44.3 Å². The molecule has 3 heterocycles. The summed E-state index contributed by atoms with van der Waals surface area (Å²) in [5.74, 6) is 5.92. The fraction of sp³-hybridized carbons (Fsp3) is 0.364. The van der Waals surface area contributed by atoms with Crippen molar-refractivity contribution in [3.05, 3.63) is 48.0 Å². The maximum absolute atomic E-state index is 11.1. The van der Waals surface area contributed by atoms with Crippen LogP contribution in [0.4, 0.5) is 5.82 Å². The van der Waals surface area contributed by atoms with E-state index in [0.717, 1.165) is 5.56 Å². The van der Waals surface area contributed by atoms with Crippen LogP contribution in [0.25, 0.3) is 11.2 Å². The van der Waals surface area contributed by atoms with Gasteiger partial charge >= 0.3 is 0 Å². The quantitative estimate of drug-likeness (QED) is 0.295. The number of hydrogen-bond acceptors (Lipinski definition) is 9. The number of nitrogens with one attached hydrogen (secondary N) is 1. The molecule has 0 saturated carbocycles. The zero-order valence-corrected chi connectivity index (χ0v) is 17.9. The summed E-state index contributed by atoms with van der Waals surface area (Å²) in [5.41, 5.74) is 9.44. The van der Waals surface area contributed by atoms with Crippen LogP contribution in [0.1, 0.15) is 37.4 Å². The third-order valence-corrected chi connectivity index (χ3v) is 5.11. The predicted octanol–water partition coefficient (Wildman–Crippen LogP) is 0.474. The second kappa shape index (κ2) is 9.93. The molecule has 1 aromatic carbocycles. The Labute approximate surface area is 189 Å². The van der Waals surface area contributed by atoms with E-state index in [2.05, 4.69) is 32.3 Å². The van der Waals surface area contributed by atoms with Gasteiger partial charge in [0.05, 0.1) is 19.0 Å². The van der Waals surface area contributed by atoms with Crippen LogP contribution in [0.2, 0.25) is 0 Å². The lowest BCUT2D eigenvalue weighted by Crippen LogP contribution is -2.32. The van der Waals surface area contributed by atoms with Crippen molar-refractivity contribution in [2.75, 3.05) is 12.1 Å². The molecule has 5 N–H and O–H groups in total. The van der Waals surface area contributed by atoms with Crippen molar-refractivity contribution in [3.8, 4) is 11.8 Å². The van der Waals surface area contributed by atoms with Crippen molar-refractivity contribution >= 4 is 22.9 Å². The van der Waals surface area contributed by atoms with E-state index in [1.54, 1.807) is 0 Å². The zero-order chi connectivity index (χ0) is 23.4. The van der Waals surface area contributed by atoms with Gasteiger partial charge in [-0.2, -0.15) is 4.98 Å². The monoisotopic (exact) mass is 452 g/mol. The highest BCUT2D eigenvalue weighted by atomic mass is 16.6. The van der Waals surface area contributed by atoms with Gasteiger partial charge in [0.2, 0.25) is 11.7 Å². The van der Waals surface area contributed by atoms with Gasteiger partial charge in [-0.1, -0.05) is 24.1 Å². The second-order valence-electron chi connectivity index (χ2n) is 7.42. The Morgan fingerprint density at radius 2 is 2.03 bits per heavy atom. The second-order valence-corrected chi connectivity index (χ2v) is 7.42. The molecule has 1 saturated heterocycles. The molecule has 2 aromatic heterocycles. The minimum atomic E-state index is -1.27. The topological polar surface area (TPSA) is 158 Å². The number of primary amides is 1. The van der Waals surface area contributed by atoms with Gasteiger partial charge in [0.15, 0.2) is 23.2 Å². The summed E-state index contributed by atoms with van der Waals surface area (Å²) in [7, 11) is 0. The molecule has 1 amide bonds. The number of amides is 1. The molecule has 11 heteroatoms. The maximum atomic E-state index is 11.1. The van der Waals surface area contributed by atoms with Crippen LogP contribution in [0.5, 0.6) is 0 Å². The van der Waals surface area contributed by atoms with Crippen molar-refractivity contribution in [1.29, 1.82) is 0 Å².